The smallest absolute Gasteiger partial charge is 0.331 e. The van der Waals surface area contributed by atoms with Gasteiger partial charge in [-0.2, -0.15) is 5.10 Å². The van der Waals surface area contributed by atoms with E-state index in [0.717, 1.165) is 0 Å². The van der Waals surface area contributed by atoms with Gasteiger partial charge in [0, 0.05) is 12.4 Å². The summed E-state index contributed by atoms with van der Waals surface area (Å²) in [6, 6.07) is 0.895. The summed E-state index contributed by atoms with van der Waals surface area (Å²) in [5, 5.41) is 3.98. The molecular weight excluding hydrogens is 248 g/mol. The van der Waals surface area contributed by atoms with E-state index in [0.29, 0.717) is 0 Å². The van der Waals surface area contributed by atoms with Gasteiger partial charge in [0.05, 0.1) is 13.0 Å². The van der Waals surface area contributed by atoms with Crippen LogP contribution in [-0.2, 0) is 19.1 Å². The first-order valence-electron chi connectivity index (χ1n) is 6.21. The van der Waals surface area contributed by atoms with Crippen molar-refractivity contribution in [3.05, 3.63) is 18.5 Å². The molecule has 1 atom stereocenters. The Kier molecular flexibility index (Phi) is 5.09. The van der Waals surface area contributed by atoms with E-state index < -0.39 is 23.6 Å². The number of nitrogens with zero attached hydrogens (tertiary/aromatic N) is 2. The molecule has 0 spiro atoms. The number of esters is 2. The summed E-state index contributed by atoms with van der Waals surface area (Å²) in [6.07, 6.45) is 3.06. The number of hydrogen-bond acceptors (Lipinski definition) is 5. The number of aromatic nitrogens is 2. The Labute approximate surface area is 112 Å². The molecule has 1 heterocycles. The zero-order valence-electron chi connectivity index (χ0n) is 11.8. The molecule has 0 radical (unpaired) electrons. The number of carbonyl (C=O) groups excluding carboxylic acids is 2. The van der Waals surface area contributed by atoms with Gasteiger partial charge in [-0.3, -0.25) is 9.48 Å². The molecule has 0 amide bonds. The second-order valence-corrected chi connectivity index (χ2v) is 5.04. The molecule has 6 nitrogen and oxygen atoms in total. The fourth-order valence-electron chi connectivity index (χ4n) is 1.53. The van der Waals surface area contributed by atoms with Crippen molar-refractivity contribution < 1.29 is 19.1 Å². The van der Waals surface area contributed by atoms with Crippen molar-refractivity contribution in [2.75, 3.05) is 6.61 Å². The van der Waals surface area contributed by atoms with Gasteiger partial charge in [0.25, 0.3) is 0 Å². The van der Waals surface area contributed by atoms with Crippen LogP contribution < -0.4 is 0 Å². The maximum Gasteiger partial charge on any atom is 0.331 e. The van der Waals surface area contributed by atoms with E-state index in [1.165, 1.54) is 4.68 Å². The topological polar surface area (TPSA) is 70.4 Å². The standard InChI is InChI=1S/C13H20N2O4/c1-5-18-12(17)10(15-8-6-7-14-15)9-11(16)19-13(2,3)4/h6-8,10H,5,9H2,1-4H3. The number of carbonyl (C=O) groups is 2. The number of ether oxygens (including phenoxy) is 2. The highest BCUT2D eigenvalue weighted by molar-refractivity contribution is 5.81. The predicted molar refractivity (Wildman–Crippen MR) is 68.4 cm³/mol. The van der Waals surface area contributed by atoms with Gasteiger partial charge >= 0.3 is 11.9 Å². The molecule has 0 saturated heterocycles. The first kappa shape index (κ1) is 15.2. The zero-order valence-corrected chi connectivity index (χ0v) is 11.8. The Bertz CT molecular complexity index is 420. The average molecular weight is 268 g/mol. The fraction of sp³-hybridized carbons (Fsp3) is 0.615. The van der Waals surface area contributed by atoms with E-state index in [1.807, 2.05) is 0 Å². The lowest BCUT2D eigenvalue weighted by Gasteiger charge is -2.21. The quantitative estimate of drug-likeness (QED) is 0.760. The highest BCUT2D eigenvalue weighted by atomic mass is 16.6. The van der Waals surface area contributed by atoms with Gasteiger partial charge in [-0.05, 0) is 33.8 Å². The molecule has 0 aliphatic rings. The fourth-order valence-corrected chi connectivity index (χ4v) is 1.53. The minimum atomic E-state index is -0.787. The van der Waals surface area contributed by atoms with Crippen molar-refractivity contribution in [3.63, 3.8) is 0 Å². The molecule has 0 aliphatic heterocycles. The lowest BCUT2D eigenvalue weighted by molar-refractivity contribution is -0.161. The van der Waals surface area contributed by atoms with Crippen molar-refractivity contribution in [2.45, 2.75) is 45.8 Å². The Hall–Kier alpha value is -1.85. The molecular formula is C13H20N2O4. The molecule has 1 aromatic rings. The van der Waals surface area contributed by atoms with Crippen molar-refractivity contribution in [3.8, 4) is 0 Å². The van der Waals surface area contributed by atoms with Gasteiger partial charge in [0.1, 0.15) is 5.60 Å². The molecule has 0 N–H and O–H groups in total. The van der Waals surface area contributed by atoms with Crippen LogP contribution in [0.25, 0.3) is 0 Å². The van der Waals surface area contributed by atoms with E-state index in [4.69, 9.17) is 9.47 Å². The van der Waals surface area contributed by atoms with E-state index in [-0.39, 0.29) is 13.0 Å². The van der Waals surface area contributed by atoms with Crippen LogP contribution in [0.3, 0.4) is 0 Å². The maximum atomic E-state index is 11.9. The highest BCUT2D eigenvalue weighted by Crippen LogP contribution is 2.16. The summed E-state index contributed by atoms with van der Waals surface area (Å²) in [7, 11) is 0. The minimum Gasteiger partial charge on any atom is -0.464 e. The highest BCUT2D eigenvalue weighted by Gasteiger charge is 2.28. The van der Waals surface area contributed by atoms with Gasteiger partial charge in [-0.1, -0.05) is 0 Å². The average Bonchev–Trinajstić information content (AvgIpc) is 2.76. The third-order valence-corrected chi connectivity index (χ3v) is 2.18. The van der Waals surface area contributed by atoms with Crippen LogP contribution >= 0.6 is 0 Å². The Morgan fingerprint density at radius 2 is 2.05 bits per heavy atom. The van der Waals surface area contributed by atoms with Gasteiger partial charge in [-0.25, -0.2) is 4.79 Å². The van der Waals surface area contributed by atoms with Gasteiger partial charge in [0.15, 0.2) is 6.04 Å². The Balaban J connectivity index is 2.76. The van der Waals surface area contributed by atoms with Crippen molar-refractivity contribution in [1.29, 1.82) is 0 Å². The summed E-state index contributed by atoms with van der Waals surface area (Å²) in [5.74, 6) is -0.946. The summed E-state index contributed by atoms with van der Waals surface area (Å²) in [6.45, 7) is 7.30. The third-order valence-electron chi connectivity index (χ3n) is 2.18. The predicted octanol–water partition coefficient (Wildman–Crippen LogP) is 1.72. The first-order valence-corrected chi connectivity index (χ1v) is 6.21. The van der Waals surface area contributed by atoms with Crippen LogP contribution in [0.4, 0.5) is 0 Å². The van der Waals surface area contributed by atoms with Crippen molar-refractivity contribution >= 4 is 11.9 Å². The summed E-state index contributed by atoms with van der Waals surface area (Å²) in [5.41, 5.74) is -0.583. The van der Waals surface area contributed by atoms with Gasteiger partial charge in [0.2, 0.25) is 0 Å². The van der Waals surface area contributed by atoms with Crippen molar-refractivity contribution in [2.24, 2.45) is 0 Å². The van der Waals surface area contributed by atoms with Crippen LogP contribution in [0.1, 0.15) is 40.2 Å². The molecule has 0 bridgehead atoms. The van der Waals surface area contributed by atoms with Gasteiger partial charge in [-0.15, -0.1) is 0 Å². The third kappa shape index (κ3) is 5.11. The summed E-state index contributed by atoms with van der Waals surface area (Å²) in [4.78, 5) is 23.7. The molecule has 0 aliphatic carbocycles. The molecule has 0 fully saturated rings. The van der Waals surface area contributed by atoms with Gasteiger partial charge < -0.3 is 9.47 Å². The van der Waals surface area contributed by atoms with Crippen molar-refractivity contribution in [1.82, 2.24) is 9.78 Å². The lowest BCUT2D eigenvalue weighted by Crippen LogP contribution is -2.29. The monoisotopic (exact) mass is 268 g/mol. The second kappa shape index (κ2) is 6.36. The normalized spacial score (nSPS) is 12.8. The largest absolute Gasteiger partial charge is 0.464 e. The van der Waals surface area contributed by atoms with Crippen LogP contribution in [0, 0.1) is 0 Å². The van der Waals surface area contributed by atoms with Crippen LogP contribution in [0.15, 0.2) is 18.5 Å². The molecule has 106 valence electrons. The molecule has 1 unspecified atom stereocenters. The van der Waals surface area contributed by atoms with E-state index in [1.54, 1.807) is 46.2 Å². The number of hydrogen-bond donors (Lipinski definition) is 0. The Morgan fingerprint density at radius 3 is 2.53 bits per heavy atom. The second-order valence-electron chi connectivity index (χ2n) is 5.04. The molecule has 1 aromatic heterocycles. The van der Waals surface area contributed by atoms with Crippen LogP contribution in [0.2, 0.25) is 0 Å². The van der Waals surface area contributed by atoms with Crippen LogP contribution in [-0.4, -0.2) is 33.9 Å². The Morgan fingerprint density at radius 1 is 1.37 bits per heavy atom. The lowest BCUT2D eigenvalue weighted by atomic mass is 10.1. The first-order chi connectivity index (χ1) is 8.83. The SMILES string of the molecule is CCOC(=O)C(CC(=O)OC(C)(C)C)n1cccn1. The molecule has 19 heavy (non-hydrogen) atoms. The van der Waals surface area contributed by atoms with Crippen LogP contribution in [0.5, 0.6) is 0 Å². The summed E-state index contributed by atoms with van der Waals surface area (Å²) >= 11 is 0. The zero-order chi connectivity index (χ0) is 14.5. The molecule has 0 saturated carbocycles. The minimum absolute atomic E-state index is 0.0994. The van der Waals surface area contributed by atoms with E-state index in [2.05, 4.69) is 5.10 Å². The maximum absolute atomic E-state index is 11.9. The number of rotatable bonds is 5. The molecule has 6 heteroatoms. The van der Waals surface area contributed by atoms with E-state index in [9.17, 15) is 9.59 Å². The molecule has 1 rings (SSSR count). The molecule has 0 aromatic carbocycles. The summed E-state index contributed by atoms with van der Waals surface area (Å²) < 4.78 is 11.6. The van der Waals surface area contributed by atoms with E-state index >= 15 is 0 Å².